The number of nitrogens with zero attached hydrogens (tertiary/aromatic N) is 1. The first-order valence-corrected chi connectivity index (χ1v) is 7.10. The van der Waals surface area contributed by atoms with Crippen molar-refractivity contribution < 1.29 is 4.39 Å². The van der Waals surface area contributed by atoms with Crippen molar-refractivity contribution in [2.24, 2.45) is 5.41 Å². The maximum absolute atomic E-state index is 14.3. The quantitative estimate of drug-likeness (QED) is 0.878. The molecule has 2 rings (SSSR count). The molecule has 0 bridgehead atoms. The second-order valence-corrected chi connectivity index (χ2v) is 6.58. The van der Waals surface area contributed by atoms with E-state index in [1.54, 1.807) is 6.07 Å². The van der Waals surface area contributed by atoms with Crippen molar-refractivity contribution in [3.63, 3.8) is 0 Å². The molecule has 1 fully saturated rings. The summed E-state index contributed by atoms with van der Waals surface area (Å²) >= 11 is 0. The fourth-order valence-electron chi connectivity index (χ4n) is 3.02. The van der Waals surface area contributed by atoms with Gasteiger partial charge in [-0.15, -0.1) is 24.8 Å². The Kier molecular flexibility index (Phi) is 8.19. The van der Waals surface area contributed by atoms with E-state index in [4.69, 9.17) is 0 Å². The lowest BCUT2D eigenvalue weighted by atomic mass is 9.80. The summed E-state index contributed by atoms with van der Waals surface area (Å²) in [4.78, 5) is 2.41. The molecular weight excluding hydrogens is 310 g/mol. The van der Waals surface area contributed by atoms with Gasteiger partial charge in [0.1, 0.15) is 5.82 Å². The Bertz CT molecular complexity index is 440. The molecule has 5 heteroatoms. The standard InChI is InChI=1S/C16H25FN2.2ClH/c1-12-5-6-14(17)13(11-12)15(16(2,3)4)19-9-7-18-8-10-19;;/h5-6,11,15,18H,7-10H2,1-4H3;2*1H/t15-;;/m0../s1. The van der Waals surface area contributed by atoms with Crippen LogP contribution in [0.25, 0.3) is 0 Å². The molecule has 122 valence electrons. The number of piperazine rings is 1. The van der Waals surface area contributed by atoms with Crippen LogP contribution in [0, 0.1) is 18.2 Å². The number of hydrogen-bond acceptors (Lipinski definition) is 2. The van der Waals surface area contributed by atoms with E-state index in [0.717, 1.165) is 37.3 Å². The van der Waals surface area contributed by atoms with E-state index in [1.165, 1.54) is 0 Å². The minimum Gasteiger partial charge on any atom is -0.314 e. The minimum atomic E-state index is -0.0796. The highest BCUT2D eigenvalue weighted by atomic mass is 35.5. The number of benzene rings is 1. The molecule has 1 aliphatic heterocycles. The molecule has 0 aromatic heterocycles. The van der Waals surface area contributed by atoms with Gasteiger partial charge in [0.05, 0.1) is 0 Å². The largest absolute Gasteiger partial charge is 0.314 e. The third kappa shape index (κ3) is 5.10. The number of hydrogen-bond donors (Lipinski definition) is 1. The van der Waals surface area contributed by atoms with Crippen molar-refractivity contribution >= 4 is 24.8 Å². The zero-order valence-corrected chi connectivity index (χ0v) is 14.9. The van der Waals surface area contributed by atoms with E-state index >= 15 is 0 Å². The predicted octanol–water partition coefficient (Wildman–Crippen LogP) is 3.97. The van der Waals surface area contributed by atoms with Crippen LogP contribution in [0.2, 0.25) is 0 Å². The second-order valence-electron chi connectivity index (χ2n) is 6.58. The molecule has 1 N–H and O–H groups in total. The molecule has 1 aliphatic rings. The summed E-state index contributed by atoms with van der Waals surface area (Å²) in [6.07, 6.45) is 0. The fraction of sp³-hybridized carbons (Fsp3) is 0.625. The lowest BCUT2D eigenvalue weighted by Gasteiger charge is -2.42. The number of halogens is 3. The van der Waals surface area contributed by atoms with Crippen molar-refractivity contribution in [2.45, 2.75) is 33.7 Å². The van der Waals surface area contributed by atoms with Gasteiger partial charge in [-0.2, -0.15) is 0 Å². The molecule has 0 amide bonds. The molecular formula is C16H27Cl2FN2. The van der Waals surface area contributed by atoms with E-state index in [2.05, 4.69) is 31.0 Å². The third-order valence-electron chi connectivity index (χ3n) is 3.78. The third-order valence-corrected chi connectivity index (χ3v) is 3.78. The second kappa shape index (κ2) is 8.33. The van der Waals surface area contributed by atoms with Gasteiger partial charge < -0.3 is 5.32 Å². The summed E-state index contributed by atoms with van der Waals surface area (Å²) in [7, 11) is 0. The van der Waals surface area contributed by atoms with Crippen LogP contribution in [0.1, 0.15) is 37.9 Å². The van der Waals surface area contributed by atoms with Crippen molar-refractivity contribution in [2.75, 3.05) is 26.2 Å². The average molecular weight is 337 g/mol. The monoisotopic (exact) mass is 336 g/mol. The van der Waals surface area contributed by atoms with Crippen LogP contribution in [0.15, 0.2) is 18.2 Å². The van der Waals surface area contributed by atoms with E-state index in [0.29, 0.717) is 0 Å². The normalized spacial score (nSPS) is 17.6. The maximum Gasteiger partial charge on any atom is 0.128 e. The Morgan fingerprint density at radius 3 is 2.24 bits per heavy atom. The predicted molar refractivity (Wildman–Crippen MR) is 92.3 cm³/mol. The average Bonchev–Trinajstić information content (AvgIpc) is 2.33. The molecule has 0 aliphatic carbocycles. The molecule has 1 aromatic rings. The minimum absolute atomic E-state index is 0. The number of aryl methyl sites for hydroxylation is 1. The first-order valence-electron chi connectivity index (χ1n) is 7.10. The van der Waals surface area contributed by atoms with Crippen LogP contribution >= 0.6 is 24.8 Å². The van der Waals surface area contributed by atoms with Crippen molar-refractivity contribution in [1.82, 2.24) is 10.2 Å². The Hall–Kier alpha value is -0.350. The van der Waals surface area contributed by atoms with Crippen molar-refractivity contribution in [3.8, 4) is 0 Å². The lowest BCUT2D eigenvalue weighted by Crippen LogP contribution is -2.48. The Labute approximate surface area is 140 Å². The maximum atomic E-state index is 14.3. The van der Waals surface area contributed by atoms with Crippen molar-refractivity contribution in [1.29, 1.82) is 0 Å². The molecule has 0 radical (unpaired) electrons. The molecule has 0 saturated carbocycles. The molecule has 0 spiro atoms. The van der Waals surface area contributed by atoms with Gasteiger partial charge >= 0.3 is 0 Å². The molecule has 1 aromatic carbocycles. The molecule has 21 heavy (non-hydrogen) atoms. The zero-order chi connectivity index (χ0) is 14.0. The first-order chi connectivity index (χ1) is 8.89. The Morgan fingerprint density at radius 2 is 1.71 bits per heavy atom. The topological polar surface area (TPSA) is 15.3 Å². The van der Waals surface area contributed by atoms with Crippen LogP contribution in [0.3, 0.4) is 0 Å². The summed E-state index contributed by atoms with van der Waals surface area (Å²) in [5.41, 5.74) is 1.99. The Balaban J connectivity index is 0.00000200. The van der Waals surface area contributed by atoms with Crippen LogP contribution in [-0.4, -0.2) is 31.1 Å². The summed E-state index contributed by atoms with van der Waals surface area (Å²) in [6, 6.07) is 5.59. The van der Waals surface area contributed by atoms with Gasteiger partial charge in [0.15, 0.2) is 0 Å². The highest BCUT2D eigenvalue weighted by Gasteiger charge is 2.34. The summed E-state index contributed by atoms with van der Waals surface area (Å²) in [6.45, 7) is 12.6. The van der Waals surface area contributed by atoms with Gasteiger partial charge in [0.2, 0.25) is 0 Å². The number of rotatable bonds is 2. The van der Waals surface area contributed by atoms with E-state index in [1.807, 2.05) is 19.1 Å². The van der Waals surface area contributed by atoms with Gasteiger partial charge in [-0.05, 0) is 18.4 Å². The highest BCUT2D eigenvalue weighted by molar-refractivity contribution is 5.85. The molecule has 1 saturated heterocycles. The SMILES string of the molecule is Cc1ccc(F)c([C@H](N2CCNCC2)C(C)(C)C)c1.Cl.Cl. The van der Waals surface area contributed by atoms with Crippen molar-refractivity contribution in [3.05, 3.63) is 35.1 Å². The number of nitrogens with one attached hydrogen (secondary N) is 1. The molecule has 0 unspecified atom stereocenters. The molecule has 1 heterocycles. The lowest BCUT2D eigenvalue weighted by molar-refractivity contribution is 0.0834. The van der Waals surface area contributed by atoms with Crippen LogP contribution in [0.5, 0.6) is 0 Å². The Morgan fingerprint density at radius 1 is 1.14 bits per heavy atom. The molecule has 2 nitrogen and oxygen atoms in total. The first kappa shape index (κ1) is 20.6. The van der Waals surface area contributed by atoms with Gasteiger partial charge in [-0.3, -0.25) is 4.90 Å². The highest BCUT2D eigenvalue weighted by Crippen LogP contribution is 2.39. The smallest absolute Gasteiger partial charge is 0.128 e. The van der Waals surface area contributed by atoms with Crippen LogP contribution < -0.4 is 5.32 Å². The van der Waals surface area contributed by atoms with Crippen LogP contribution in [0.4, 0.5) is 4.39 Å². The van der Waals surface area contributed by atoms with Crippen LogP contribution in [-0.2, 0) is 0 Å². The van der Waals surface area contributed by atoms with Gasteiger partial charge in [-0.1, -0.05) is 38.5 Å². The van der Waals surface area contributed by atoms with Gasteiger partial charge in [-0.25, -0.2) is 4.39 Å². The zero-order valence-electron chi connectivity index (χ0n) is 13.3. The molecule has 1 atom stereocenters. The van der Waals surface area contributed by atoms with E-state index < -0.39 is 0 Å². The summed E-state index contributed by atoms with van der Waals surface area (Å²) < 4.78 is 14.3. The van der Waals surface area contributed by atoms with Gasteiger partial charge in [0.25, 0.3) is 0 Å². The van der Waals surface area contributed by atoms with E-state index in [-0.39, 0.29) is 42.1 Å². The summed E-state index contributed by atoms with van der Waals surface area (Å²) in [5.74, 6) is -0.0796. The fourth-order valence-corrected chi connectivity index (χ4v) is 3.02. The van der Waals surface area contributed by atoms with Gasteiger partial charge in [0, 0.05) is 37.8 Å². The van der Waals surface area contributed by atoms with E-state index in [9.17, 15) is 4.39 Å². The summed E-state index contributed by atoms with van der Waals surface area (Å²) in [5, 5.41) is 3.36.